The number of carbonyl (C=O) groups excluding carboxylic acids is 1. The van der Waals surface area contributed by atoms with Gasteiger partial charge in [-0.15, -0.1) is 0 Å². The zero-order valence-corrected chi connectivity index (χ0v) is 9.11. The molecule has 1 aromatic carbocycles. The molecule has 4 rings (SSSR count). The third-order valence-corrected chi connectivity index (χ3v) is 4.90. The van der Waals surface area contributed by atoms with Gasteiger partial charge in [-0.05, 0) is 31.2 Å². The van der Waals surface area contributed by atoms with E-state index in [1.54, 1.807) is 0 Å². The summed E-state index contributed by atoms with van der Waals surface area (Å²) >= 11 is 0. The second-order valence-electron chi connectivity index (χ2n) is 5.34. The van der Waals surface area contributed by atoms with Crippen molar-refractivity contribution in [2.75, 3.05) is 0 Å². The van der Waals surface area contributed by atoms with Crippen molar-refractivity contribution in [3.05, 3.63) is 29.8 Å². The highest BCUT2D eigenvalue weighted by molar-refractivity contribution is 5.82. The van der Waals surface area contributed by atoms with Crippen LogP contribution in [0.3, 0.4) is 0 Å². The second kappa shape index (κ2) is 2.68. The van der Waals surface area contributed by atoms with Gasteiger partial charge in [-0.3, -0.25) is 4.79 Å². The average Bonchev–Trinajstić information content (AvgIpc) is 2.57. The van der Waals surface area contributed by atoms with Crippen LogP contribution in [0.5, 0.6) is 5.75 Å². The summed E-state index contributed by atoms with van der Waals surface area (Å²) in [6.07, 6.45) is 4.78. The Balaban J connectivity index is 1.95. The Bertz CT molecular complexity index is 479. The fraction of sp³-hybridized carbons (Fsp3) is 0.500. The van der Waals surface area contributed by atoms with Crippen molar-refractivity contribution in [1.82, 2.24) is 0 Å². The molecule has 82 valence electrons. The van der Waals surface area contributed by atoms with E-state index in [1.807, 2.05) is 12.1 Å². The first-order valence-corrected chi connectivity index (χ1v) is 6.13. The molecule has 3 aliphatic rings. The molecular weight excluding hydrogens is 200 g/mol. The first kappa shape index (κ1) is 8.80. The van der Waals surface area contributed by atoms with Gasteiger partial charge in [0.05, 0.1) is 5.92 Å². The van der Waals surface area contributed by atoms with Crippen LogP contribution in [-0.4, -0.2) is 5.97 Å². The van der Waals surface area contributed by atoms with Gasteiger partial charge in [0.1, 0.15) is 5.75 Å². The Morgan fingerprint density at radius 2 is 2.19 bits per heavy atom. The zero-order chi connectivity index (χ0) is 10.8. The minimum absolute atomic E-state index is 0.0110. The maximum Gasteiger partial charge on any atom is 0.315 e. The van der Waals surface area contributed by atoms with E-state index in [2.05, 4.69) is 12.1 Å². The van der Waals surface area contributed by atoms with E-state index in [4.69, 9.17) is 4.74 Å². The zero-order valence-electron chi connectivity index (χ0n) is 9.11. The highest BCUT2D eigenvalue weighted by atomic mass is 16.5. The number of carbonyl (C=O) groups is 1. The van der Waals surface area contributed by atoms with Crippen molar-refractivity contribution in [3.63, 3.8) is 0 Å². The number of rotatable bonds is 0. The number of ether oxygens (including phenoxy) is 1. The van der Waals surface area contributed by atoms with Gasteiger partial charge in [0.15, 0.2) is 0 Å². The topological polar surface area (TPSA) is 26.3 Å². The van der Waals surface area contributed by atoms with Crippen LogP contribution in [0.2, 0.25) is 0 Å². The molecule has 0 unspecified atom stereocenters. The van der Waals surface area contributed by atoms with Crippen molar-refractivity contribution >= 4 is 5.97 Å². The molecule has 2 saturated carbocycles. The first-order chi connectivity index (χ1) is 7.82. The SMILES string of the molecule is O=C1Oc2ccccc2[C@]23CCC[C@H]2C[C@H]13. The lowest BCUT2D eigenvalue weighted by Gasteiger charge is -2.54. The highest BCUT2D eigenvalue weighted by Crippen LogP contribution is 2.65. The molecule has 0 aromatic heterocycles. The maximum absolute atomic E-state index is 11.9. The van der Waals surface area contributed by atoms with Gasteiger partial charge in [0.25, 0.3) is 0 Å². The number of hydrogen-bond donors (Lipinski definition) is 0. The van der Waals surface area contributed by atoms with Crippen molar-refractivity contribution in [2.45, 2.75) is 31.1 Å². The largest absolute Gasteiger partial charge is 0.426 e. The Kier molecular flexibility index (Phi) is 1.47. The fourth-order valence-electron chi connectivity index (χ4n) is 4.19. The molecule has 2 heteroatoms. The normalized spacial score (nSPS) is 39.1. The lowest BCUT2D eigenvalue weighted by Crippen LogP contribution is -2.56. The Morgan fingerprint density at radius 3 is 3.06 bits per heavy atom. The molecule has 0 bridgehead atoms. The molecular formula is C14H14O2. The average molecular weight is 214 g/mol. The molecule has 0 N–H and O–H groups in total. The van der Waals surface area contributed by atoms with Gasteiger partial charge in [0.2, 0.25) is 0 Å². The Hall–Kier alpha value is -1.31. The lowest BCUT2D eigenvalue weighted by molar-refractivity contribution is -0.153. The van der Waals surface area contributed by atoms with Crippen molar-refractivity contribution < 1.29 is 9.53 Å². The molecule has 2 fully saturated rings. The Morgan fingerprint density at radius 1 is 1.31 bits per heavy atom. The van der Waals surface area contributed by atoms with Gasteiger partial charge in [-0.1, -0.05) is 24.6 Å². The summed E-state index contributed by atoms with van der Waals surface area (Å²) in [6, 6.07) is 8.11. The number of benzene rings is 1. The maximum atomic E-state index is 11.9. The van der Waals surface area contributed by atoms with Gasteiger partial charge in [-0.25, -0.2) is 0 Å². The Labute approximate surface area is 94.6 Å². The number of fused-ring (bicyclic) bond motifs is 1. The van der Waals surface area contributed by atoms with E-state index >= 15 is 0 Å². The van der Waals surface area contributed by atoms with E-state index in [9.17, 15) is 4.79 Å². The first-order valence-electron chi connectivity index (χ1n) is 6.13. The highest BCUT2D eigenvalue weighted by Gasteiger charge is 2.64. The standard InChI is InChI=1S/C14H14O2/c15-13-11-8-9-4-3-7-14(9,11)10-5-1-2-6-12(10)16-13/h1-2,5-6,9,11H,3-4,7-8H2/t9-,11+,14-/m0/s1. The third-order valence-electron chi connectivity index (χ3n) is 4.90. The van der Waals surface area contributed by atoms with Crippen LogP contribution >= 0.6 is 0 Å². The minimum atomic E-state index is 0.0110. The van der Waals surface area contributed by atoms with Gasteiger partial charge in [0, 0.05) is 11.0 Å². The summed E-state index contributed by atoms with van der Waals surface area (Å²) < 4.78 is 5.43. The number of esters is 1. The minimum Gasteiger partial charge on any atom is -0.426 e. The molecule has 0 radical (unpaired) electrons. The van der Waals surface area contributed by atoms with Crippen LogP contribution in [0.1, 0.15) is 31.2 Å². The second-order valence-corrected chi connectivity index (χ2v) is 5.34. The van der Waals surface area contributed by atoms with Gasteiger partial charge < -0.3 is 4.74 Å². The van der Waals surface area contributed by atoms with E-state index in [-0.39, 0.29) is 17.3 Å². The van der Waals surface area contributed by atoms with Crippen LogP contribution in [0.15, 0.2) is 24.3 Å². The molecule has 1 aliphatic heterocycles. The summed E-state index contributed by atoms with van der Waals surface area (Å²) in [5.74, 6) is 1.70. The molecule has 3 atom stereocenters. The van der Waals surface area contributed by atoms with Crippen molar-refractivity contribution in [2.24, 2.45) is 11.8 Å². The third kappa shape index (κ3) is 0.796. The smallest absolute Gasteiger partial charge is 0.315 e. The monoisotopic (exact) mass is 214 g/mol. The molecule has 2 nitrogen and oxygen atoms in total. The van der Waals surface area contributed by atoms with E-state index in [0.29, 0.717) is 0 Å². The number of hydrogen-bond acceptors (Lipinski definition) is 2. The van der Waals surface area contributed by atoms with E-state index < -0.39 is 0 Å². The molecule has 0 saturated heterocycles. The van der Waals surface area contributed by atoms with Gasteiger partial charge in [-0.2, -0.15) is 0 Å². The molecule has 2 aliphatic carbocycles. The van der Waals surface area contributed by atoms with Crippen molar-refractivity contribution in [3.8, 4) is 5.75 Å². The van der Waals surface area contributed by atoms with E-state index in [0.717, 1.165) is 18.1 Å². The summed E-state index contributed by atoms with van der Waals surface area (Å²) in [5.41, 5.74) is 1.46. The van der Waals surface area contributed by atoms with Crippen LogP contribution in [0.25, 0.3) is 0 Å². The van der Waals surface area contributed by atoms with Crippen molar-refractivity contribution in [1.29, 1.82) is 0 Å². The van der Waals surface area contributed by atoms with Gasteiger partial charge >= 0.3 is 5.97 Å². The molecule has 0 amide bonds. The predicted molar refractivity (Wildman–Crippen MR) is 59.2 cm³/mol. The summed E-state index contributed by atoms with van der Waals surface area (Å²) in [4.78, 5) is 11.9. The summed E-state index contributed by atoms with van der Waals surface area (Å²) in [6.45, 7) is 0. The lowest BCUT2D eigenvalue weighted by atomic mass is 9.50. The van der Waals surface area contributed by atoms with Crippen LogP contribution in [0.4, 0.5) is 0 Å². The fourth-order valence-corrected chi connectivity index (χ4v) is 4.19. The van der Waals surface area contributed by atoms with Crippen LogP contribution in [0, 0.1) is 11.8 Å². The van der Waals surface area contributed by atoms with Crippen LogP contribution < -0.4 is 4.74 Å². The number of para-hydroxylation sites is 1. The molecule has 16 heavy (non-hydrogen) atoms. The molecule has 1 spiro atoms. The quantitative estimate of drug-likeness (QED) is 0.490. The summed E-state index contributed by atoms with van der Waals surface area (Å²) in [5, 5.41) is 0. The van der Waals surface area contributed by atoms with E-state index in [1.165, 1.54) is 24.8 Å². The molecule has 1 aromatic rings. The van der Waals surface area contributed by atoms with Crippen LogP contribution in [-0.2, 0) is 10.2 Å². The summed E-state index contributed by atoms with van der Waals surface area (Å²) in [7, 11) is 0. The molecule has 1 heterocycles. The predicted octanol–water partition coefficient (Wildman–Crippen LogP) is 2.66.